The Labute approximate surface area is 144 Å². The van der Waals surface area contributed by atoms with Crippen molar-refractivity contribution in [1.82, 2.24) is 20.0 Å². The number of hydrogen-bond donors (Lipinski definition) is 0. The van der Waals surface area contributed by atoms with Crippen LogP contribution < -0.4 is 0 Å². The molecule has 24 heavy (non-hydrogen) atoms. The van der Waals surface area contributed by atoms with Crippen LogP contribution in [0.1, 0.15) is 63.8 Å². The molecule has 8 heteroatoms. The molecule has 0 bridgehead atoms. The molecular formula is C16H20N4O3S. The Balaban J connectivity index is 1.59. The van der Waals surface area contributed by atoms with Gasteiger partial charge in [-0.3, -0.25) is 4.79 Å². The number of amides is 1. The van der Waals surface area contributed by atoms with Crippen molar-refractivity contribution in [2.75, 3.05) is 19.8 Å². The van der Waals surface area contributed by atoms with E-state index in [9.17, 15) is 4.79 Å². The van der Waals surface area contributed by atoms with Crippen molar-refractivity contribution in [1.29, 1.82) is 0 Å². The molecule has 1 atom stereocenters. The van der Waals surface area contributed by atoms with E-state index in [1.165, 1.54) is 32.1 Å². The fraction of sp³-hybridized carbons (Fsp3) is 0.625. The van der Waals surface area contributed by atoms with Crippen molar-refractivity contribution in [3.8, 4) is 0 Å². The van der Waals surface area contributed by atoms with E-state index in [2.05, 4.69) is 15.1 Å². The predicted molar refractivity (Wildman–Crippen MR) is 87.0 cm³/mol. The number of aryl methyl sites for hydroxylation is 1. The third-order valence-electron chi connectivity index (χ3n) is 4.78. The summed E-state index contributed by atoms with van der Waals surface area (Å²) in [7, 11) is 0. The number of nitrogens with zero attached hydrogens (tertiary/aromatic N) is 4. The van der Waals surface area contributed by atoms with Gasteiger partial charge in [-0.05, 0) is 19.8 Å². The molecule has 1 saturated heterocycles. The molecule has 2 aliphatic rings. The first-order chi connectivity index (χ1) is 11.7. The minimum Gasteiger partial charge on any atom is -0.377 e. The second-order valence-corrected chi connectivity index (χ2v) is 7.36. The number of carbonyl (C=O) groups is 1. The molecule has 128 valence electrons. The zero-order chi connectivity index (χ0) is 16.5. The van der Waals surface area contributed by atoms with Crippen LogP contribution in [-0.4, -0.2) is 45.7 Å². The summed E-state index contributed by atoms with van der Waals surface area (Å²) in [5.74, 6) is 1.00. The summed E-state index contributed by atoms with van der Waals surface area (Å²) < 4.78 is 10.3. The molecule has 1 aliphatic heterocycles. The molecule has 2 aromatic rings. The smallest absolute Gasteiger partial charge is 0.266 e. The normalized spacial score (nSPS) is 22.2. The van der Waals surface area contributed by atoms with Gasteiger partial charge in [0, 0.05) is 12.5 Å². The van der Waals surface area contributed by atoms with E-state index in [-0.39, 0.29) is 11.9 Å². The second-order valence-electron chi connectivity index (χ2n) is 6.33. The molecule has 0 aromatic carbocycles. The van der Waals surface area contributed by atoms with Crippen molar-refractivity contribution in [2.45, 2.75) is 44.6 Å². The lowest BCUT2D eigenvalue weighted by Crippen LogP contribution is -2.43. The quantitative estimate of drug-likeness (QED) is 0.848. The zero-order valence-electron chi connectivity index (χ0n) is 13.6. The van der Waals surface area contributed by atoms with Crippen molar-refractivity contribution >= 4 is 17.2 Å². The van der Waals surface area contributed by atoms with Gasteiger partial charge in [0.2, 0.25) is 6.39 Å². The van der Waals surface area contributed by atoms with Crippen molar-refractivity contribution in [3.63, 3.8) is 0 Å². The number of rotatable bonds is 3. The van der Waals surface area contributed by atoms with Crippen LogP contribution in [0.4, 0.5) is 0 Å². The average molecular weight is 348 g/mol. The van der Waals surface area contributed by atoms with E-state index in [4.69, 9.17) is 9.26 Å². The van der Waals surface area contributed by atoms with Gasteiger partial charge < -0.3 is 14.2 Å². The van der Waals surface area contributed by atoms with Gasteiger partial charge in [-0.15, -0.1) is 11.3 Å². The fourth-order valence-electron chi connectivity index (χ4n) is 3.48. The molecule has 0 N–H and O–H groups in total. The molecular weight excluding hydrogens is 328 g/mol. The molecule has 0 spiro atoms. The summed E-state index contributed by atoms with van der Waals surface area (Å²) >= 11 is 1.55. The lowest BCUT2D eigenvalue weighted by molar-refractivity contribution is -0.00556. The number of morpholine rings is 1. The molecule has 1 saturated carbocycles. The van der Waals surface area contributed by atoms with E-state index in [0.717, 1.165) is 15.6 Å². The largest absolute Gasteiger partial charge is 0.377 e. The second kappa shape index (κ2) is 6.60. The molecule has 3 heterocycles. The summed E-state index contributed by atoms with van der Waals surface area (Å²) in [4.78, 5) is 24.4. The molecule has 1 aliphatic carbocycles. The van der Waals surface area contributed by atoms with Crippen molar-refractivity contribution in [2.24, 2.45) is 0 Å². The van der Waals surface area contributed by atoms with Gasteiger partial charge in [0.1, 0.15) is 10.9 Å². The van der Waals surface area contributed by atoms with Gasteiger partial charge in [0.25, 0.3) is 5.91 Å². The molecule has 0 radical (unpaired) electrons. The van der Waals surface area contributed by atoms with Crippen LogP contribution >= 0.6 is 11.3 Å². The van der Waals surface area contributed by atoms with E-state index < -0.39 is 0 Å². The van der Waals surface area contributed by atoms with Crippen LogP contribution in [0.2, 0.25) is 0 Å². The summed E-state index contributed by atoms with van der Waals surface area (Å²) in [5.41, 5.74) is 0.824. The Bertz CT molecular complexity index is 709. The maximum absolute atomic E-state index is 13.1. The topological polar surface area (TPSA) is 81.4 Å². The maximum Gasteiger partial charge on any atom is 0.266 e. The minimum absolute atomic E-state index is 0.00709. The third-order valence-corrected chi connectivity index (χ3v) is 6.09. The highest BCUT2D eigenvalue weighted by Gasteiger charge is 2.34. The summed E-state index contributed by atoms with van der Waals surface area (Å²) in [5, 5.41) is 4.99. The number of hydrogen-bond acceptors (Lipinski definition) is 7. The average Bonchev–Trinajstić information content (AvgIpc) is 3.35. The number of ether oxygens (including phenoxy) is 1. The van der Waals surface area contributed by atoms with Crippen LogP contribution in [0.25, 0.3) is 0 Å². The lowest BCUT2D eigenvalue weighted by Gasteiger charge is -2.33. The van der Waals surface area contributed by atoms with Gasteiger partial charge in [-0.25, -0.2) is 4.98 Å². The van der Waals surface area contributed by atoms with Gasteiger partial charge in [0.05, 0.1) is 23.9 Å². The fourth-order valence-corrected chi connectivity index (χ4v) is 4.67. The van der Waals surface area contributed by atoms with Crippen molar-refractivity contribution in [3.05, 3.63) is 27.8 Å². The van der Waals surface area contributed by atoms with Crippen LogP contribution in [0, 0.1) is 6.92 Å². The number of aromatic nitrogens is 3. The SMILES string of the molecule is Cc1nc(C2CCCC2)sc1C(=O)N1CCOC[C@@H]1c1ncon1. The van der Waals surface area contributed by atoms with Crippen LogP contribution in [0.5, 0.6) is 0 Å². The third kappa shape index (κ3) is 2.84. The maximum atomic E-state index is 13.1. The number of carbonyl (C=O) groups excluding carboxylic acids is 1. The molecule has 1 amide bonds. The molecule has 7 nitrogen and oxygen atoms in total. The Hall–Kier alpha value is -1.80. The summed E-state index contributed by atoms with van der Waals surface area (Å²) in [6.07, 6.45) is 6.17. The highest BCUT2D eigenvalue weighted by molar-refractivity contribution is 7.13. The first kappa shape index (κ1) is 15.7. The highest BCUT2D eigenvalue weighted by Crippen LogP contribution is 2.38. The van der Waals surface area contributed by atoms with Crippen LogP contribution in [0.3, 0.4) is 0 Å². The van der Waals surface area contributed by atoms with E-state index in [1.54, 1.807) is 16.2 Å². The Kier molecular flexibility index (Phi) is 4.32. The zero-order valence-corrected chi connectivity index (χ0v) is 14.4. The first-order valence-electron chi connectivity index (χ1n) is 8.36. The minimum atomic E-state index is -0.304. The van der Waals surface area contributed by atoms with Crippen molar-refractivity contribution < 1.29 is 14.1 Å². The number of thiazole rings is 1. The Morgan fingerprint density at radius 1 is 1.38 bits per heavy atom. The standard InChI is InChI=1S/C16H20N4O3S/c1-10-13(24-15(18-10)11-4-2-3-5-11)16(21)20-6-7-22-8-12(20)14-17-9-23-19-14/h9,11-12H,2-8H2,1H3/t12-/m1/s1. The lowest BCUT2D eigenvalue weighted by atomic mass is 10.1. The van der Waals surface area contributed by atoms with Gasteiger partial charge in [0.15, 0.2) is 5.82 Å². The predicted octanol–water partition coefficient (Wildman–Crippen LogP) is 2.71. The summed E-state index contributed by atoms with van der Waals surface area (Å²) in [6, 6.07) is -0.304. The monoisotopic (exact) mass is 348 g/mol. The Morgan fingerprint density at radius 2 is 2.21 bits per heavy atom. The van der Waals surface area contributed by atoms with Crippen LogP contribution in [-0.2, 0) is 4.74 Å². The van der Waals surface area contributed by atoms with Gasteiger partial charge in [-0.1, -0.05) is 18.0 Å². The first-order valence-corrected chi connectivity index (χ1v) is 9.18. The Morgan fingerprint density at radius 3 is 2.96 bits per heavy atom. The van der Waals surface area contributed by atoms with E-state index in [1.807, 2.05) is 6.92 Å². The van der Waals surface area contributed by atoms with Gasteiger partial charge in [-0.2, -0.15) is 4.98 Å². The molecule has 0 unspecified atom stereocenters. The molecule has 2 fully saturated rings. The highest BCUT2D eigenvalue weighted by atomic mass is 32.1. The summed E-state index contributed by atoms with van der Waals surface area (Å²) in [6.45, 7) is 3.35. The molecule has 2 aromatic heterocycles. The van der Waals surface area contributed by atoms with Crippen LogP contribution in [0.15, 0.2) is 10.9 Å². The molecule has 4 rings (SSSR count). The van der Waals surface area contributed by atoms with E-state index >= 15 is 0 Å². The van der Waals surface area contributed by atoms with Gasteiger partial charge >= 0.3 is 0 Å². The van der Waals surface area contributed by atoms with E-state index in [0.29, 0.717) is 31.5 Å².